The molecule has 3 rings (SSSR count). The van der Waals surface area contributed by atoms with Crippen LogP contribution in [0.2, 0.25) is 0 Å². The molecule has 6 heteroatoms. The zero-order valence-corrected chi connectivity index (χ0v) is 12.5. The Labute approximate surface area is 122 Å². The number of rotatable bonds is 3. The van der Waals surface area contributed by atoms with Crippen LogP contribution in [0.3, 0.4) is 0 Å². The Kier molecular flexibility index (Phi) is 4.05. The predicted octanol–water partition coefficient (Wildman–Crippen LogP) is 2.43. The molecular formula is C14H20N2O3S. The van der Waals surface area contributed by atoms with Crippen molar-refractivity contribution < 1.29 is 14.3 Å². The lowest BCUT2D eigenvalue weighted by molar-refractivity contribution is -0.183. The van der Waals surface area contributed by atoms with Crippen molar-refractivity contribution in [2.45, 2.75) is 37.9 Å². The second-order valence-corrected chi connectivity index (χ2v) is 6.40. The van der Waals surface area contributed by atoms with Crippen molar-refractivity contribution in [1.82, 2.24) is 4.98 Å². The number of nitrogens with zero attached hydrogens (tertiary/aromatic N) is 2. The third kappa shape index (κ3) is 2.87. The van der Waals surface area contributed by atoms with Gasteiger partial charge in [0.05, 0.1) is 13.2 Å². The summed E-state index contributed by atoms with van der Waals surface area (Å²) < 4.78 is 11.4. The average Bonchev–Trinajstić information content (AvgIpc) is 3.13. The van der Waals surface area contributed by atoms with Gasteiger partial charge >= 0.3 is 0 Å². The van der Waals surface area contributed by atoms with Crippen LogP contribution < -0.4 is 4.90 Å². The minimum absolute atomic E-state index is 0.147. The van der Waals surface area contributed by atoms with E-state index in [1.807, 2.05) is 5.38 Å². The summed E-state index contributed by atoms with van der Waals surface area (Å²) >= 11 is 1.49. The Bertz CT molecular complexity index is 447. The number of ether oxygens (including phenoxy) is 2. The predicted molar refractivity (Wildman–Crippen MR) is 76.7 cm³/mol. The van der Waals surface area contributed by atoms with E-state index in [1.54, 1.807) is 18.1 Å². The van der Waals surface area contributed by atoms with Crippen molar-refractivity contribution >= 4 is 22.4 Å². The molecule has 1 aromatic rings. The van der Waals surface area contributed by atoms with Gasteiger partial charge < -0.3 is 9.47 Å². The van der Waals surface area contributed by atoms with E-state index in [1.165, 1.54) is 11.3 Å². The highest BCUT2D eigenvalue weighted by molar-refractivity contribution is 7.13. The lowest BCUT2D eigenvalue weighted by atomic mass is 9.83. The molecule has 0 N–H and O–H groups in total. The van der Waals surface area contributed by atoms with Crippen molar-refractivity contribution in [3.8, 4) is 0 Å². The molecule has 1 spiro atoms. The van der Waals surface area contributed by atoms with Crippen LogP contribution in [0.25, 0.3) is 0 Å². The second kappa shape index (κ2) is 5.79. The molecule has 0 radical (unpaired) electrons. The Hall–Kier alpha value is -0.980. The summed E-state index contributed by atoms with van der Waals surface area (Å²) in [7, 11) is 1.80. The summed E-state index contributed by atoms with van der Waals surface area (Å²) in [6, 6.07) is 0. The number of carbonyl (C=O) groups is 1. The van der Waals surface area contributed by atoms with Gasteiger partial charge in [0.1, 0.15) is 0 Å². The number of carbonyl (C=O) groups excluding carboxylic acids is 1. The van der Waals surface area contributed by atoms with Gasteiger partial charge in [0, 0.05) is 37.9 Å². The van der Waals surface area contributed by atoms with Gasteiger partial charge in [-0.3, -0.25) is 9.69 Å². The van der Waals surface area contributed by atoms with Gasteiger partial charge in [0.2, 0.25) is 5.91 Å². The summed E-state index contributed by atoms with van der Waals surface area (Å²) in [5.74, 6) is 0.248. The van der Waals surface area contributed by atoms with E-state index in [2.05, 4.69) is 4.98 Å². The maximum absolute atomic E-state index is 12.3. The zero-order chi connectivity index (χ0) is 14.0. The summed E-state index contributed by atoms with van der Waals surface area (Å²) in [6.07, 6.45) is 6.13. The van der Waals surface area contributed by atoms with E-state index in [0.29, 0.717) is 25.6 Å². The largest absolute Gasteiger partial charge is 0.348 e. The van der Waals surface area contributed by atoms with Crippen molar-refractivity contribution in [3.05, 3.63) is 11.6 Å². The van der Waals surface area contributed by atoms with Crippen molar-refractivity contribution in [2.75, 3.05) is 25.2 Å². The third-order valence-corrected chi connectivity index (χ3v) is 5.07. The van der Waals surface area contributed by atoms with Crippen LogP contribution in [0.15, 0.2) is 11.6 Å². The first kappa shape index (κ1) is 14.0. The summed E-state index contributed by atoms with van der Waals surface area (Å²) in [4.78, 5) is 18.1. The molecule has 1 aliphatic carbocycles. The van der Waals surface area contributed by atoms with Gasteiger partial charge in [-0.1, -0.05) is 0 Å². The van der Waals surface area contributed by atoms with Crippen LogP contribution in [0.1, 0.15) is 32.1 Å². The van der Waals surface area contributed by atoms with E-state index < -0.39 is 0 Å². The summed E-state index contributed by atoms with van der Waals surface area (Å²) in [5.41, 5.74) is 0. The highest BCUT2D eigenvalue weighted by Gasteiger charge is 2.40. The highest BCUT2D eigenvalue weighted by Crippen LogP contribution is 2.39. The van der Waals surface area contributed by atoms with Crippen molar-refractivity contribution in [3.63, 3.8) is 0 Å². The molecular weight excluding hydrogens is 276 g/mol. The molecule has 2 fully saturated rings. The van der Waals surface area contributed by atoms with Crippen LogP contribution in [0.5, 0.6) is 0 Å². The molecule has 5 nitrogen and oxygen atoms in total. The van der Waals surface area contributed by atoms with Gasteiger partial charge in [-0.15, -0.1) is 11.3 Å². The smallest absolute Gasteiger partial charge is 0.228 e. The maximum atomic E-state index is 12.3. The normalized spacial score (nSPS) is 22.2. The summed E-state index contributed by atoms with van der Waals surface area (Å²) in [6.45, 7) is 1.41. The first-order chi connectivity index (χ1) is 9.69. The fourth-order valence-corrected chi connectivity index (χ4v) is 3.60. The molecule has 0 unspecified atom stereocenters. The van der Waals surface area contributed by atoms with E-state index >= 15 is 0 Å². The molecule has 0 atom stereocenters. The fraction of sp³-hybridized carbons (Fsp3) is 0.714. The van der Waals surface area contributed by atoms with Crippen LogP contribution in [0.4, 0.5) is 5.13 Å². The van der Waals surface area contributed by atoms with Crippen molar-refractivity contribution in [2.24, 2.45) is 5.92 Å². The topological polar surface area (TPSA) is 51.7 Å². The van der Waals surface area contributed by atoms with E-state index in [4.69, 9.17) is 9.47 Å². The number of hydrogen-bond donors (Lipinski definition) is 0. The first-order valence-corrected chi connectivity index (χ1v) is 8.00. The molecule has 20 heavy (non-hydrogen) atoms. The van der Waals surface area contributed by atoms with Crippen LogP contribution >= 0.6 is 11.3 Å². The molecule has 0 aromatic carbocycles. The average molecular weight is 296 g/mol. The number of thiazole rings is 1. The molecule has 2 aliphatic rings. The van der Waals surface area contributed by atoms with Gasteiger partial charge in [0.25, 0.3) is 0 Å². The zero-order valence-electron chi connectivity index (χ0n) is 11.7. The van der Waals surface area contributed by atoms with Crippen LogP contribution in [0, 0.1) is 5.92 Å². The van der Waals surface area contributed by atoms with E-state index in [-0.39, 0.29) is 11.7 Å². The Balaban J connectivity index is 1.50. The molecule has 0 bridgehead atoms. The highest BCUT2D eigenvalue weighted by atomic mass is 32.1. The lowest BCUT2D eigenvalue weighted by Gasteiger charge is -2.35. The number of anilines is 1. The Morgan fingerprint density at radius 2 is 2.15 bits per heavy atom. The molecule has 1 aliphatic heterocycles. The van der Waals surface area contributed by atoms with E-state index in [0.717, 1.165) is 30.8 Å². The van der Waals surface area contributed by atoms with Crippen LogP contribution in [-0.4, -0.2) is 36.9 Å². The van der Waals surface area contributed by atoms with Gasteiger partial charge in [-0.05, 0) is 18.8 Å². The molecule has 1 aromatic heterocycles. The Morgan fingerprint density at radius 1 is 1.45 bits per heavy atom. The first-order valence-electron chi connectivity index (χ1n) is 7.12. The Morgan fingerprint density at radius 3 is 2.75 bits per heavy atom. The summed E-state index contributed by atoms with van der Waals surface area (Å²) in [5, 5.41) is 2.66. The lowest BCUT2D eigenvalue weighted by Crippen LogP contribution is -2.37. The number of aromatic nitrogens is 1. The molecule has 1 saturated carbocycles. The SMILES string of the molecule is CN(C(=O)CC1CCC2(CC1)OCCO2)c1nccs1. The number of amides is 1. The second-order valence-electron chi connectivity index (χ2n) is 5.52. The third-order valence-electron chi connectivity index (χ3n) is 4.22. The van der Waals surface area contributed by atoms with E-state index in [9.17, 15) is 4.79 Å². The molecule has 1 amide bonds. The minimum atomic E-state index is -0.333. The fourth-order valence-electron chi connectivity index (χ4n) is 2.98. The van der Waals surface area contributed by atoms with Crippen molar-refractivity contribution in [1.29, 1.82) is 0 Å². The molecule has 110 valence electrons. The van der Waals surface area contributed by atoms with Crippen LogP contribution in [-0.2, 0) is 14.3 Å². The molecule has 1 saturated heterocycles. The van der Waals surface area contributed by atoms with Gasteiger partial charge in [-0.25, -0.2) is 4.98 Å². The van der Waals surface area contributed by atoms with Gasteiger partial charge in [0.15, 0.2) is 10.9 Å². The standard InChI is InChI=1S/C14H20N2O3S/c1-16(13-15-6-9-20-13)12(17)10-11-2-4-14(5-3-11)18-7-8-19-14/h6,9,11H,2-5,7-8,10H2,1H3. The minimum Gasteiger partial charge on any atom is -0.348 e. The molecule has 2 heterocycles. The number of hydrogen-bond acceptors (Lipinski definition) is 5. The quantitative estimate of drug-likeness (QED) is 0.859. The maximum Gasteiger partial charge on any atom is 0.228 e. The van der Waals surface area contributed by atoms with Gasteiger partial charge in [-0.2, -0.15) is 0 Å². The monoisotopic (exact) mass is 296 g/mol.